The van der Waals surface area contributed by atoms with E-state index in [1.807, 2.05) is 0 Å². The van der Waals surface area contributed by atoms with Gasteiger partial charge in [-0.05, 0) is 26.3 Å². The quantitative estimate of drug-likeness (QED) is 0.727. The van der Waals surface area contributed by atoms with E-state index in [4.69, 9.17) is 9.47 Å². The van der Waals surface area contributed by atoms with Gasteiger partial charge in [-0.25, -0.2) is 0 Å². The minimum atomic E-state index is 0.0129. The highest BCUT2D eigenvalue weighted by Crippen LogP contribution is 2.34. The van der Waals surface area contributed by atoms with Gasteiger partial charge in [-0.2, -0.15) is 0 Å². The number of methoxy groups -OCH3 is 1. The molecule has 0 radical (unpaired) electrons. The molecule has 1 aliphatic carbocycles. The zero-order valence-electron chi connectivity index (χ0n) is 11.1. The van der Waals surface area contributed by atoms with Crippen LogP contribution in [0.3, 0.4) is 0 Å². The maximum Gasteiger partial charge on any atom is 0.0857 e. The molecule has 1 aliphatic rings. The molecule has 1 unspecified atom stereocenters. The van der Waals surface area contributed by atoms with Gasteiger partial charge in [0.05, 0.1) is 18.2 Å². The second kappa shape index (κ2) is 7.25. The van der Waals surface area contributed by atoms with Crippen molar-refractivity contribution in [1.82, 2.24) is 5.32 Å². The Hall–Kier alpha value is -0.120. The van der Waals surface area contributed by atoms with Crippen molar-refractivity contribution in [3.8, 4) is 0 Å². The lowest BCUT2D eigenvalue weighted by atomic mass is 9.79. The van der Waals surface area contributed by atoms with Crippen molar-refractivity contribution >= 4 is 0 Å². The van der Waals surface area contributed by atoms with E-state index in [1.165, 1.54) is 32.1 Å². The third-order valence-corrected chi connectivity index (χ3v) is 3.55. The van der Waals surface area contributed by atoms with Crippen LogP contribution in [-0.2, 0) is 9.47 Å². The Morgan fingerprint density at radius 3 is 2.38 bits per heavy atom. The van der Waals surface area contributed by atoms with Crippen molar-refractivity contribution in [2.45, 2.75) is 57.6 Å². The zero-order chi connectivity index (χ0) is 11.9. The molecule has 0 aromatic carbocycles. The van der Waals surface area contributed by atoms with Gasteiger partial charge in [0.25, 0.3) is 0 Å². The predicted octanol–water partition coefficient (Wildman–Crippen LogP) is 2.35. The molecule has 0 aromatic rings. The fraction of sp³-hybridized carbons (Fsp3) is 1.00. The summed E-state index contributed by atoms with van der Waals surface area (Å²) in [5.41, 5.74) is 0.0129. The van der Waals surface area contributed by atoms with E-state index in [-0.39, 0.29) is 5.60 Å². The second-order valence-corrected chi connectivity index (χ2v) is 4.62. The third-order valence-electron chi connectivity index (χ3n) is 3.55. The Morgan fingerprint density at radius 1 is 1.19 bits per heavy atom. The van der Waals surface area contributed by atoms with Crippen LogP contribution in [0.15, 0.2) is 0 Å². The average molecular weight is 229 g/mol. The molecule has 96 valence electrons. The Balaban J connectivity index is 2.69. The van der Waals surface area contributed by atoms with Crippen LogP contribution in [0, 0.1) is 0 Å². The molecule has 0 saturated heterocycles. The Morgan fingerprint density at radius 2 is 1.88 bits per heavy atom. The van der Waals surface area contributed by atoms with E-state index in [0.29, 0.717) is 6.04 Å². The van der Waals surface area contributed by atoms with Crippen LogP contribution in [0.5, 0.6) is 0 Å². The Labute approximate surface area is 99.9 Å². The highest BCUT2D eigenvalue weighted by atomic mass is 16.5. The van der Waals surface area contributed by atoms with Crippen LogP contribution >= 0.6 is 0 Å². The van der Waals surface area contributed by atoms with Crippen molar-refractivity contribution in [2.75, 3.05) is 26.9 Å². The van der Waals surface area contributed by atoms with Crippen molar-refractivity contribution in [1.29, 1.82) is 0 Å². The standard InChI is InChI=1S/C13H27NO2/c1-4-14-12(11-15-3)13(16-5-2)9-7-6-8-10-13/h12,14H,4-11H2,1-3H3. The van der Waals surface area contributed by atoms with E-state index in [0.717, 1.165) is 19.8 Å². The summed E-state index contributed by atoms with van der Waals surface area (Å²) in [5.74, 6) is 0. The number of likely N-dealkylation sites (N-methyl/N-ethyl adjacent to an activating group) is 1. The lowest BCUT2D eigenvalue weighted by Gasteiger charge is -2.43. The van der Waals surface area contributed by atoms with Gasteiger partial charge in [-0.15, -0.1) is 0 Å². The molecule has 0 aromatic heterocycles. The van der Waals surface area contributed by atoms with E-state index < -0.39 is 0 Å². The first-order valence-electron chi connectivity index (χ1n) is 6.65. The van der Waals surface area contributed by atoms with Crippen molar-refractivity contribution in [3.05, 3.63) is 0 Å². The van der Waals surface area contributed by atoms with E-state index in [2.05, 4.69) is 19.2 Å². The van der Waals surface area contributed by atoms with Gasteiger partial charge >= 0.3 is 0 Å². The van der Waals surface area contributed by atoms with Gasteiger partial charge in [0.1, 0.15) is 0 Å². The second-order valence-electron chi connectivity index (χ2n) is 4.62. The van der Waals surface area contributed by atoms with Crippen LogP contribution in [0.1, 0.15) is 46.0 Å². The Kier molecular flexibility index (Phi) is 6.32. The SMILES string of the molecule is CCNC(COC)C1(OCC)CCCCC1. The molecule has 0 spiro atoms. The summed E-state index contributed by atoms with van der Waals surface area (Å²) in [4.78, 5) is 0. The molecule has 0 amide bonds. The number of rotatable bonds is 7. The summed E-state index contributed by atoms with van der Waals surface area (Å²) >= 11 is 0. The maximum atomic E-state index is 6.10. The minimum absolute atomic E-state index is 0.0129. The fourth-order valence-corrected chi connectivity index (χ4v) is 2.84. The lowest BCUT2D eigenvalue weighted by molar-refractivity contribution is -0.102. The number of hydrogen-bond donors (Lipinski definition) is 1. The molecule has 0 bridgehead atoms. The molecule has 1 atom stereocenters. The van der Waals surface area contributed by atoms with Gasteiger partial charge in [-0.1, -0.05) is 26.2 Å². The predicted molar refractivity (Wildman–Crippen MR) is 66.8 cm³/mol. The summed E-state index contributed by atoms with van der Waals surface area (Å²) < 4.78 is 11.4. The molecule has 0 heterocycles. The summed E-state index contributed by atoms with van der Waals surface area (Å²) in [6.07, 6.45) is 6.25. The third kappa shape index (κ3) is 3.44. The fourth-order valence-electron chi connectivity index (χ4n) is 2.84. The molecule has 1 N–H and O–H groups in total. The zero-order valence-corrected chi connectivity index (χ0v) is 11.1. The van der Waals surface area contributed by atoms with Gasteiger partial charge in [0.2, 0.25) is 0 Å². The van der Waals surface area contributed by atoms with Crippen molar-refractivity contribution in [3.63, 3.8) is 0 Å². The van der Waals surface area contributed by atoms with Gasteiger partial charge in [0.15, 0.2) is 0 Å². The van der Waals surface area contributed by atoms with Gasteiger partial charge in [0, 0.05) is 13.7 Å². The highest BCUT2D eigenvalue weighted by molar-refractivity contribution is 4.95. The van der Waals surface area contributed by atoms with Crippen LogP contribution in [0.2, 0.25) is 0 Å². The Bertz CT molecular complexity index is 167. The number of nitrogens with one attached hydrogen (secondary N) is 1. The van der Waals surface area contributed by atoms with E-state index >= 15 is 0 Å². The van der Waals surface area contributed by atoms with Gasteiger partial charge in [-0.3, -0.25) is 0 Å². The maximum absolute atomic E-state index is 6.10. The van der Waals surface area contributed by atoms with Crippen molar-refractivity contribution in [2.24, 2.45) is 0 Å². The van der Waals surface area contributed by atoms with Crippen LogP contribution in [-0.4, -0.2) is 38.5 Å². The van der Waals surface area contributed by atoms with Crippen molar-refractivity contribution < 1.29 is 9.47 Å². The normalized spacial score (nSPS) is 21.9. The molecular formula is C13H27NO2. The lowest BCUT2D eigenvalue weighted by Crippen LogP contribution is -2.55. The summed E-state index contributed by atoms with van der Waals surface area (Å²) in [7, 11) is 1.77. The average Bonchev–Trinajstić information content (AvgIpc) is 2.30. The highest BCUT2D eigenvalue weighted by Gasteiger charge is 2.40. The summed E-state index contributed by atoms with van der Waals surface area (Å²) in [6.45, 7) is 6.75. The van der Waals surface area contributed by atoms with Crippen LogP contribution < -0.4 is 5.32 Å². The number of ether oxygens (including phenoxy) is 2. The van der Waals surface area contributed by atoms with Crippen LogP contribution in [0.25, 0.3) is 0 Å². The molecular weight excluding hydrogens is 202 g/mol. The first kappa shape index (κ1) is 13.9. The first-order valence-corrected chi connectivity index (χ1v) is 6.65. The summed E-state index contributed by atoms with van der Waals surface area (Å²) in [5, 5.41) is 3.53. The van der Waals surface area contributed by atoms with Crippen LogP contribution in [0.4, 0.5) is 0 Å². The van der Waals surface area contributed by atoms with E-state index in [1.54, 1.807) is 7.11 Å². The molecule has 1 saturated carbocycles. The molecule has 0 aliphatic heterocycles. The number of hydrogen-bond acceptors (Lipinski definition) is 3. The largest absolute Gasteiger partial charge is 0.383 e. The van der Waals surface area contributed by atoms with E-state index in [9.17, 15) is 0 Å². The monoisotopic (exact) mass is 229 g/mol. The smallest absolute Gasteiger partial charge is 0.0857 e. The molecule has 1 rings (SSSR count). The molecule has 3 heteroatoms. The van der Waals surface area contributed by atoms with Gasteiger partial charge < -0.3 is 14.8 Å². The molecule has 3 nitrogen and oxygen atoms in total. The minimum Gasteiger partial charge on any atom is -0.383 e. The first-order chi connectivity index (χ1) is 7.79. The summed E-state index contributed by atoms with van der Waals surface area (Å²) in [6, 6.07) is 0.336. The molecule has 16 heavy (non-hydrogen) atoms. The molecule has 1 fully saturated rings. The topological polar surface area (TPSA) is 30.5 Å².